The first-order chi connectivity index (χ1) is 11.2. The third kappa shape index (κ3) is 4.58. The number of benzene rings is 1. The summed E-state index contributed by atoms with van der Waals surface area (Å²) in [6, 6.07) is 10.5. The van der Waals surface area contributed by atoms with E-state index < -0.39 is 0 Å². The fourth-order valence-corrected chi connectivity index (χ4v) is 4.62. The van der Waals surface area contributed by atoms with Crippen LogP contribution in [-0.2, 0) is 4.79 Å². The lowest BCUT2D eigenvalue weighted by molar-refractivity contribution is -0.119. The monoisotopic (exact) mass is 346 g/mol. The van der Waals surface area contributed by atoms with Gasteiger partial charge in [-0.3, -0.25) is 4.79 Å². The Labute approximate surface area is 145 Å². The maximum absolute atomic E-state index is 12.2. The number of nitrogens with one attached hydrogen (secondary N) is 1. The maximum Gasteiger partial charge on any atom is 0.230 e. The minimum Gasteiger partial charge on any atom is -0.352 e. The topological polar surface area (TPSA) is 42.0 Å². The number of aromatic nitrogens is 1. The number of nitrogens with zero attached hydrogens (tertiary/aromatic N) is 1. The molecule has 0 unspecified atom stereocenters. The van der Waals surface area contributed by atoms with Crippen LogP contribution in [0.3, 0.4) is 0 Å². The molecule has 1 saturated carbocycles. The van der Waals surface area contributed by atoms with Crippen molar-refractivity contribution in [1.29, 1.82) is 0 Å². The van der Waals surface area contributed by atoms with Crippen molar-refractivity contribution in [3.8, 4) is 11.3 Å². The fourth-order valence-electron chi connectivity index (χ4n) is 2.97. The van der Waals surface area contributed by atoms with Crippen molar-refractivity contribution in [2.24, 2.45) is 5.92 Å². The van der Waals surface area contributed by atoms with Crippen molar-refractivity contribution in [3.05, 3.63) is 35.7 Å². The van der Waals surface area contributed by atoms with Crippen LogP contribution >= 0.6 is 23.1 Å². The number of carbonyl (C=O) groups excluding carboxylic acids is 1. The van der Waals surface area contributed by atoms with Gasteiger partial charge in [-0.25, -0.2) is 4.98 Å². The summed E-state index contributed by atoms with van der Waals surface area (Å²) in [6.07, 6.45) is 4.87. The average Bonchev–Trinajstić information content (AvgIpc) is 3.05. The van der Waals surface area contributed by atoms with Gasteiger partial charge >= 0.3 is 0 Å². The van der Waals surface area contributed by atoms with E-state index in [1.165, 1.54) is 31.0 Å². The van der Waals surface area contributed by atoms with Gasteiger partial charge < -0.3 is 5.32 Å². The molecule has 0 aliphatic heterocycles. The van der Waals surface area contributed by atoms with Crippen molar-refractivity contribution < 1.29 is 4.79 Å². The van der Waals surface area contributed by atoms with Gasteiger partial charge in [-0.05, 0) is 18.8 Å². The van der Waals surface area contributed by atoms with E-state index >= 15 is 0 Å². The minimum absolute atomic E-state index is 0.130. The molecule has 2 aromatic rings. The van der Waals surface area contributed by atoms with Gasteiger partial charge in [0.05, 0.1) is 11.4 Å². The Kier molecular flexibility index (Phi) is 5.73. The first kappa shape index (κ1) is 16.5. The van der Waals surface area contributed by atoms with Crippen LogP contribution in [0.1, 0.15) is 32.6 Å². The average molecular weight is 347 g/mol. The van der Waals surface area contributed by atoms with Gasteiger partial charge in [-0.15, -0.1) is 11.3 Å². The van der Waals surface area contributed by atoms with E-state index in [4.69, 9.17) is 0 Å². The Hall–Kier alpha value is -1.33. The largest absolute Gasteiger partial charge is 0.352 e. The van der Waals surface area contributed by atoms with Crippen molar-refractivity contribution in [2.75, 3.05) is 5.75 Å². The molecule has 1 aromatic carbocycles. The van der Waals surface area contributed by atoms with Crippen molar-refractivity contribution in [3.63, 3.8) is 0 Å². The normalized spacial score (nSPS) is 21.1. The van der Waals surface area contributed by atoms with Gasteiger partial charge in [-0.1, -0.05) is 61.9 Å². The molecular formula is C18H22N2OS2. The van der Waals surface area contributed by atoms with Crippen molar-refractivity contribution in [2.45, 2.75) is 43.0 Å². The predicted octanol–water partition coefficient (Wildman–Crippen LogP) is 4.60. The second kappa shape index (κ2) is 7.97. The summed E-state index contributed by atoms with van der Waals surface area (Å²) >= 11 is 3.13. The summed E-state index contributed by atoms with van der Waals surface area (Å²) in [5, 5.41) is 5.25. The predicted molar refractivity (Wildman–Crippen MR) is 97.8 cm³/mol. The quantitative estimate of drug-likeness (QED) is 0.805. The number of rotatable bonds is 5. The Morgan fingerprint density at radius 2 is 2.09 bits per heavy atom. The summed E-state index contributed by atoms with van der Waals surface area (Å²) < 4.78 is 0.954. The van der Waals surface area contributed by atoms with E-state index in [0.717, 1.165) is 22.0 Å². The molecule has 23 heavy (non-hydrogen) atoms. The van der Waals surface area contributed by atoms with E-state index in [9.17, 15) is 4.79 Å². The van der Waals surface area contributed by atoms with Gasteiger partial charge in [0.25, 0.3) is 0 Å². The van der Waals surface area contributed by atoms with Crippen molar-refractivity contribution in [1.82, 2.24) is 10.3 Å². The highest BCUT2D eigenvalue weighted by Gasteiger charge is 2.22. The summed E-state index contributed by atoms with van der Waals surface area (Å²) in [5.74, 6) is 1.18. The maximum atomic E-state index is 12.2. The molecule has 1 aromatic heterocycles. The smallest absolute Gasteiger partial charge is 0.230 e. The van der Waals surface area contributed by atoms with E-state index in [-0.39, 0.29) is 5.91 Å². The van der Waals surface area contributed by atoms with E-state index in [1.54, 1.807) is 11.3 Å². The lowest BCUT2D eigenvalue weighted by Gasteiger charge is -2.29. The molecule has 1 amide bonds. The number of hydrogen-bond acceptors (Lipinski definition) is 4. The molecule has 3 nitrogen and oxygen atoms in total. The van der Waals surface area contributed by atoms with E-state index in [2.05, 4.69) is 34.7 Å². The van der Waals surface area contributed by atoms with Crippen LogP contribution in [0.25, 0.3) is 11.3 Å². The van der Waals surface area contributed by atoms with Crippen LogP contribution in [0.5, 0.6) is 0 Å². The summed E-state index contributed by atoms with van der Waals surface area (Å²) in [7, 11) is 0. The molecule has 3 rings (SSSR count). The zero-order valence-corrected chi connectivity index (χ0v) is 15.0. The molecule has 1 heterocycles. The Morgan fingerprint density at radius 3 is 2.87 bits per heavy atom. The minimum atomic E-state index is 0.130. The van der Waals surface area contributed by atoms with Gasteiger partial charge in [-0.2, -0.15) is 0 Å². The summed E-state index contributed by atoms with van der Waals surface area (Å²) in [5.41, 5.74) is 2.11. The lowest BCUT2D eigenvalue weighted by atomic mass is 9.86. The third-order valence-corrected chi connectivity index (χ3v) is 6.36. The molecule has 1 fully saturated rings. The molecule has 0 spiro atoms. The Balaban J connectivity index is 1.50. The van der Waals surface area contributed by atoms with Crippen LogP contribution in [0.4, 0.5) is 0 Å². The first-order valence-electron chi connectivity index (χ1n) is 8.15. The zero-order valence-electron chi connectivity index (χ0n) is 13.3. The van der Waals surface area contributed by atoms with Gasteiger partial charge in [0.1, 0.15) is 0 Å². The van der Waals surface area contributed by atoms with Crippen LogP contribution in [-0.4, -0.2) is 22.7 Å². The highest BCUT2D eigenvalue weighted by atomic mass is 32.2. The van der Waals surface area contributed by atoms with Crippen LogP contribution in [0.2, 0.25) is 0 Å². The van der Waals surface area contributed by atoms with E-state index in [1.807, 2.05) is 18.2 Å². The Bertz CT molecular complexity index is 641. The van der Waals surface area contributed by atoms with Gasteiger partial charge in [0, 0.05) is 17.0 Å². The third-order valence-electron chi connectivity index (χ3n) is 4.34. The standard InChI is InChI=1S/C18H22N2OS2/c1-13-7-5-6-10-15(13)19-17(21)12-23-18-20-16(11-22-18)14-8-3-2-4-9-14/h2-4,8-9,11,13,15H,5-7,10,12H2,1H3,(H,19,21)/t13-,15-/m1/s1. The fraction of sp³-hybridized carbons (Fsp3) is 0.444. The zero-order chi connectivity index (χ0) is 16.1. The van der Waals surface area contributed by atoms with Crippen LogP contribution < -0.4 is 5.32 Å². The van der Waals surface area contributed by atoms with Gasteiger partial charge in [0.2, 0.25) is 5.91 Å². The highest BCUT2D eigenvalue weighted by molar-refractivity contribution is 8.01. The van der Waals surface area contributed by atoms with Gasteiger partial charge in [0.15, 0.2) is 4.34 Å². The molecule has 122 valence electrons. The Morgan fingerprint density at radius 1 is 1.30 bits per heavy atom. The van der Waals surface area contributed by atoms with E-state index in [0.29, 0.717) is 17.7 Å². The molecule has 0 bridgehead atoms. The second-order valence-electron chi connectivity index (χ2n) is 6.09. The lowest BCUT2D eigenvalue weighted by Crippen LogP contribution is -2.41. The first-order valence-corrected chi connectivity index (χ1v) is 10.0. The molecule has 2 atom stereocenters. The van der Waals surface area contributed by atoms with Crippen LogP contribution in [0, 0.1) is 5.92 Å². The summed E-state index contributed by atoms with van der Waals surface area (Å²) in [6.45, 7) is 2.24. The molecule has 1 aliphatic rings. The van der Waals surface area contributed by atoms with Crippen molar-refractivity contribution >= 4 is 29.0 Å². The SMILES string of the molecule is C[C@@H]1CCCC[C@H]1NC(=O)CSc1nc(-c2ccccc2)cs1. The second-order valence-corrected chi connectivity index (χ2v) is 8.17. The molecule has 0 radical (unpaired) electrons. The molecule has 1 N–H and O–H groups in total. The number of amides is 1. The molecule has 0 saturated heterocycles. The molecular weight excluding hydrogens is 324 g/mol. The van der Waals surface area contributed by atoms with Crippen LogP contribution in [0.15, 0.2) is 40.1 Å². The highest BCUT2D eigenvalue weighted by Crippen LogP contribution is 2.28. The number of hydrogen-bond donors (Lipinski definition) is 1. The molecule has 5 heteroatoms. The number of thiazole rings is 1. The summed E-state index contributed by atoms with van der Waals surface area (Å²) in [4.78, 5) is 16.8. The number of thioether (sulfide) groups is 1. The number of carbonyl (C=O) groups is 1. The molecule has 1 aliphatic carbocycles.